The molecule has 1 heteroatoms. The average molecular weight is 142 g/mol. The van der Waals surface area contributed by atoms with Gasteiger partial charge in [-0.3, -0.25) is 0 Å². The Labute approximate surface area is 62.4 Å². The largest absolute Gasteiger partial charge is 0.179 e. The highest BCUT2D eigenvalue weighted by Gasteiger charge is 2.41. The van der Waals surface area contributed by atoms with Gasteiger partial charge in [-0.25, -0.2) is 0 Å². The van der Waals surface area contributed by atoms with Crippen LogP contribution < -0.4 is 0 Å². The summed E-state index contributed by atoms with van der Waals surface area (Å²) < 4.78 is 0. The minimum atomic E-state index is 0.970. The van der Waals surface area contributed by atoms with Crippen LogP contribution in [0.15, 0.2) is 0 Å². The van der Waals surface area contributed by atoms with Crippen LogP contribution in [0.5, 0.6) is 0 Å². The van der Waals surface area contributed by atoms with E-state index in [9.17, 15) is 0 Å². The summed E-state index contributed by atoms with van der Waals surface area (Å²) in [4.78, 5) is 0. The van der Waals surface area contributed by atoms with Crippen LogP contribution in [0.2, 0.25) is 0 Å². The fraction of sp³-hybridized carbons (Fsp3) is 1.00. The van der Waals surface area contributed by atoms with E-state index in [0.29, 0.717) is 0 Å². The van der Waals surface area contributed by atoms with Crippen LogP contribution in [0.4, 0.5) is 0 Å². The third-order valence-corrected chi connectivity index (χ3v) is 3.43. The molecule has 2 aliphatic carbocycles. The topological polar surface area (TPSA) is 0 Å². The van der Waals surface area contributed by atoms with E-state index in [-0.39, 0.29) is 0 Å². The lowest BCUT2D eigenvalue weighted by Crippen LogP contribution is -2.09. The third kappa shape index (κ3) is 1.12. The molecule has 0 aliphatic heterocycles. The SMILES string of the molecule is SC[C@@H]1CC[C@H]2C[C@H]2C1. The van der Waals surface area contributed by atoms with Gasteiger partial charge in [-0.1, -0.05) is 0 Å². The van der Waals surface area contributed by atoms with Crippen LogP contribution in [0.25, 0.3) is 0 Å². The van der Waals surface area contributed by atoms with E-state index in [4.69, 9.17) is 0 Å². The van der Waals surface area contributed by atoms with Gasteiger partial charge in [0.05, 0.1) is 0 Å². The fourth-order valence-electron chi connectivity index (χ4n) is 2.11. The van der Waals surface area contributed by atoms with E-state index in [2.05, 4.69) is 12.6 Å². The van der Waals surface area contributed by atoms with Crippen molar-refractivity contribution < 1.29 is 0 Å². The molecule has 9 heavy (non-hydrogen) atoms. The fourth-order valence-corrected chi connectivity index (χ4v) is 2.45. The van der Waals surface area contributed by atoms with Gasteiger partial charge in [-0.2, -0.15) is 12.6 Å². The van der Waals surface area contributed by atoms with E-state index < -0.39 is 0 Å². The molecular weight excluding hydrogens is 128 g/mol. The second-order valence-electron chi connectivity index (χ2n) is 3.62. The van der Waals surface area contributed by atoms with Crippen LogP contribution in [0.1, 0.15) is 25.7 Å². The van der Waals surface area contributed by atoms with Crippen LogP contribution in [-0.4, -0.2) is 5.75 Å². The van der Waals surface area contributed by atoms with Gasteiger partial charge in [0.15, 0.2) is 0 Å². The summed E-state index contributed by atoms with van der Waals surface area (Å²) in [6.45, 7) is 0. The van der Waals surface area contributed by atoms with Gasteiger partial charge >= 0.3 is 0 Å². The van der Waals surface area contributed by atoms with Crippen molar-refractivity contribution >= 4 is 12.6 Å². The quantitative estimate of drug-likeness (QED) is 0.534. The van der Waals surface area contributed by atoms with Gasteiger partial charge in [0, 0.05) is 0 Å². The molecule has 0 N–H and O–H groups in total. The summed E-state index contributed by atoms with van der Waals surface area (Å²) in [6.07, 6.45) is 6.01. The Balaban J connectivity index is 1.86. The molecule has 0 heterocycles. The Morgan fingerprint density at radius 2 is 2.00 bits per heavy atom. The number of hydrogen-bond acceptors (Lipinski definition) is 1. The summed E-state index contributed by atoms with van der Waals surface area (Å²) in [5.41, 5.74) is 0. The van der Waals surface area contributed by atoms with Crippen LogP contribution in [0.3, 0.4) is 0 Å². The first-order valence-corrected chi connectivity index (χ1v) is 4.64. The summed E-state index contributed by atoms with van der Waals surface area (Å²) in [6, 6.07) is 0. The van der Waals surface area contributed by atoms with Gasteiger partial charge in [0.2, 0.25) is 0 Å². The first kappa shape index (κ1) is 6.09. The van der Waals surface area contributed by atoms with Gasteiger partial charge in [0.1, 0.15) is 0 Å². The molecule has 0 aromatic carbocycles. The van der Waals surface area contributed by atoms with Crippen LogP contribution in [0, 0.1) is 17.8 Å². The van der Waals surface area contributed by atoms with Crippen LogP contribution in [-0.2, 0) is 0 Å². The zero-order chi connectivity index (χ0) is 6.27. The second kappa shape index (κ2) is 2.19. The predicted octanol–water partition coefficient (Wildman–Crippen LogP) is 2.35. The Kier molecular flexibility index (Phi) is 1.48. The molecule has 0 aromatic heterocycles. The number of hydrogen-bond donors (Lipinski definition) is 1. The number of thiol groups is 1. The molecular formula is C8H14S. The first-order chi connectivity index (χ1) is 4.40. The van der Waals surface area contributed by atoms with Crippen molar-refractivity contribution in [2.75, 3.05) is 5.75 Å². The normalized spacial score (nSPS) is 48.3. The lowest BCUT2D eigenvalue weighted by molar-refractivity contribution is 0.374. The van der Waals surface area contributed by atoms with E-state index in [1.807, 2.05) is 0 Å². The van der Waals surface area contributed by atoms with Gasteiger partial charge in [-0.15, -0.1) is 0 Å². The average Bonchev–Trinajstić information content (AvgIpc) is 2.64. The molecule has 0 amide bonds. The van der Waals surface area contributed by atoms with Crippen molar-refractivity contribution in [3.63, 3.8) is 0 Å². The summed E-state index contributed by atoms with van der Waals surface area (Å²) in [5.74, 6) is 4.39. The zero-order valence-electron chi connectivity index (χ0n) is 5.71. The maximum atomic E-state index is 4.32. The Bertz CT molecular complexity index is 111. The summed E-state index contributed by atoms with van der Waals surface area (Å²) in [5, 5.41) is 0. The standard InChI is InChI=1S/C8H14S/c9-5-6-1-2-7-4-8(7)3-6/h6-9H,1-5H2/t6-,7+,8-/m1/s1. The van der Waals surface area contributed by atoms with Crippen molar-refractivity contribution in [2.45, 2.75) is 25.7 Å². The van der Waals surface area contributed by atoms with Crippen molar-refractivity contribution in [3.8, 4) is 0 Å². The lowest BCUT2D eigenvalue weighted by atomic mass is 9.91. The lowest BCUT2D eigenvalue weighted by Gasteiger charge is -2.18. The van der Waals surface area contributed by atoms with Crippen molar-refractivity contribution in [3.05, 3.63) is 0 Å². The number of fused-ring (bicyclic) bond motifs is 1. The second-order valence-corrected chi connectivity index (χ2v) is 3.98. The molecule has 3 atom stereocenters. The minimum Gasteiger partial charge on any atom is -0.179 e. The van der Waals surface area contributed by atoms with E-state index in [0.717, 1.165) is 23.5 Å². The molecule has 2 rings (SSSR count). The highest BCUT2D eigenvalue weighted by atomic mass is 32.1. The molecule has 52 valence electrons. The van der Waals surface area contributed by atoms with E-state index in [1.54, 1.807) is 6.42 Å². The maximum Gasteiger partial charge on any atom is -0.00694 e. The Morgan fingerprint density at radius 3 is 2.67 bits per heavy atom. The van der Waals surface area contributed by atoms with Gasteiger partial charge in [-0.05, 0) is 49.2 Å². The zero-order valence-corrected chi connectivity index (χ0v) is 6.61. The molecule has 0 saturated heterocycles. The van der Waals surface area contributed by atoms with E-state index in [1.165, 1.54) is 19.3 Å². The minimum absolute atomic E-state index is 0.970. The first-order valence-electron chi connectivity index (χ1n) is 4.01. The molecule has 0 bridgehead atoms. The molecule has 0 spiro atoms. The van der Waals surface area contributed by atoms with Crippen molar-refractivity contribution in [2.24, 2.45) is 17.8 Å². The monoisotopic (exact) mass is 142 g/mol. The molecule has 2 saturated carbocycles. The summed E-state index contributed by atoms with van der Waals surface area (Å²) >= 11 is 4.32. The molecule has 0 unspecified atom stereocenters. The van der Waals surface area contributed by atoms with E-state index >= 15 is 0 Å². The highest BCUT2D eigenvalue weighted by molar-refractivity contribution is 7.80. The molecule has 0 aromatic rings. The van der Waals surface area contributed by atoms with Crippen molar-refractivity contribution in [1.29, 1.82) is 0 Å². The molecule has 0 nitrogen and oxygen atoms in total. The van der Waals surface area contributed by atoms with Gasteiger partial charge < -0.3 is 0 Å². The molecule has 2 fully saturated rings. The van der Waals surface area contributed by atoms with Gasteiger partial charge in [0.25, 0.3) is 0 Å². The molecule has 0 radical (unpaired) electrons. The third-order valence-electron chi connectivity index (χ3n) is 2.91. The Hall–Kier alpha value is 0.350. The highest BCUT2D eigenvalue weighted by Crippen LogP contribution is 2.51. The van der Waals surface area contributed by atoms with Crippen LogP contribution >= 0.6 is 12.6 Å². The Morgan fingerprint density at radius 1 is 1.11 bits per heavy atom. The smallest absolute Gasteiger partial charge is 0.00694 e. The molecule has 2 aliphatic rings. The summed E-state index contributed by atoms with van der Waals surface area (Å²) in [7, 11) is 0. The van der Waals surface area contributed by atoms with Crippen molar-refractivity contribution in [1.82, 2.24) is 0 Å². The predicted molar refractivity (Wildman–Crippen MR) is 42.8 cm³/mol. The maximum absolute atomic E-state index is 4.32. The number of rotatable bonds is 1.